The van der Waals surface area contributed by atoms with Crippen LogP contribution < -0.4 is 0 Å². The summed E-state index contributed by atoms with van der Waals surface area (Å²) in [5.41, 5.74) is 0.514. The van der Waals surface area contributed by atoms with E-state index in [9.17, 15) is 4.79 Å². The van der Waals surface area contributed by atoms with Crippen molar-refractivity contribution in [3.8, 4) is 0 Å². The number of carbonyl (C=O) groups excluding carboxylic acids is 1. The van der Waals surface area contributed by atoms with E-state index in [-0.39, 0.29) is 18.7 Å². The van der Waals surface area contributed by atoms with Crippen molar-refractivity contribution in [1.29, 1.82) is 0 Å². The van der Waals surface area contributed by atoms with Crippen molar-refractivity contribution in [1.82, 2.24) is 0 Å². The van der Waals surface area contributed by atoms with Gasteiger partial charge in [0.15, 0.2) is 0 Å². The molecule has 0 saturated carbocycles. The van der Waals surface area contributed by atoms with Gasteiger partial charge in [0, 0.05) is 12.1 Å². The molecule has 0 heterocycles. The van der Waals surface area contributed by atoms with E-state index in [0.29, 0.717) is 5.02 Å². The maximum Gasteiger partial charge on any atom is 0.311 e. The first-order valence-electron chi connectivity index (χ1n) is 6.46. The molecule has 0 aliphatic heterocycles. The summed E-state index contributed by atoms with van der Waals surface area (Å²) in [6.07, 6.45) is 3.46. The highest BCUT2D eigenvalue weighted by Crippen LogP contribution is 2.20. The summed E-state index contributed by atoms with van der Waals surface area (Å²) in [6.45, 7) is 5.71. The van der Waals surface area contributed by atoms with Crippen molar-refractivity contribution in [2.75, 3.05) is 13.7 Å². The van der Waals surface area contributed by atoms with Crippen LogP contribution in [-0.2, 0) is 14.3 Å². The van der Waals surface area contributed by atoms with Crippen LogP contribution in [0.25, 0.3) is 0 Å². The van der Waals surface area contributed by atoms with Crippen LogP contribution >= 0.6 is 11.6 Å². The number of hydrogen-bond acceptors (Lipinski definition) is 3. The molecule has 1 atom stereocenters. The van der Waals surface area contributed by atoms with E-state index < -0.39 is 5.41 Å². The van der Waals surface area contributed by atoms with Crippen LogP contribution in [0, 0.1) is 5.41 Å². The van der Waals surface area contributed by atoms with Gasteiger partial charge in [-0.1, -0.05) is 29.8 Å². The molecule has 0 aliphatic carbocycles. The lowest BCUT2D eigenvalue weighted by atomic mass is 9.97. The number of esters is 1. The summed E-state index contributed by atoms with van der Waals surface area (Å²) in [5, 5.41) is 0.687. The molecule has 3 nitrogen and oxygen atoms in total. The Morgan fingerprint density at radius 3 is 2.40 bits per heavy atom. The van der Waals surface area contributed by atoms with E-state index in [0.717, 1.165) is 5.56 Å². The van der Waals surface area contributed by atoms with E-state index in [1.807, 2.05) is 51.1 Å². The third-order valence-electron chi connectivity index (χ3n) is 2.69. The number of rotatable bonds is 5. The molecular formula is C16H21ClO3. The molecule has 1 rings (SSSR count). The van der Waals surface area contributed by atoms with Gasteiger partial charge in [-0.25, -0.2) is 0 Å². The molecule has 1 aromatic carbocycles. The number of ether oxygens (including phenoxy) is 2. The minimum Gasteiger partial charge on any atom is -0.461 e. The highest BCUT2D eigenvalue weighted by atomic mass is 35.5. The number of methoxy groups -OCH3 is 1. The number of halogens is 1. The highest BCUT2D eigenvalue weighted by molar-refractivity contribution is 6.30. The normalized spacial score (nSPS) is 13.4. The van der Waals surface area contributed by atoms with E-state index in [4.69, 9.17) is 21.1 Å². The zero-order valence-corrected chi connectivity index (χ0v) is 13.1. The minimum atomic E-state index is -0.481. The Bertz CT molecular complexity index is 458. The first-order valence-corrected chi connectivity index (χ1v) is 6.84. The molecule has 1 unspecified atom stereocenters. The minimum absolute atomic E-state index is 0.180. The Morgan fingerprint density at radius 2 is 1.90 bits per heavy atom. The van der Waals surface area contributed by atoms with E-state index in [2.05, 4.69) is 0 Å². The lowest BCUT2D eigenvalue weighted by Gasteiger charge is -2.16. The Kier molecular flexibility index (Phi) is 6.24. The Morgan fingerprint density at radius 1 is 1.30 bits per heavy atom. The largest absolute Gasteiger partial charge is 0.461 e. The molecule has 110 valence electrons. The molecule has 0 radical (unpaired) electrons. The fourth-order valence-electron chi connectivity index (χ4n) is 1.50. The fourth-order valence-corrected chi connectivity index (χ4v) is 1.62. The summed E-state index contributed by atoms with van der Waals surface area (Å²) >= 11 is 5.85. The van der Waals surface area contributed by atoms with Gasteiger partial charge in [-0.15, -0.1) is 0 Å². The zero-order valence-electron chi connectivity index (χ0n) is 12.4. The number of carbonyl (C=O) groups is 1. The van der Waals surface area contributed by atoms with E-state index >= 15 is 0 Å². The van der Waals surface area contributed by atoms with Gasteiger partial charge in [-0.2, -0.15) is 0 Å². The summed E-state index contributed by atoms with van der Waals surface area (Å²) in [4.78, 5) is 11.6. The Labute approximate surface area is 125 Å². The maximum atomic E-state index is 11.6. The third-order valence-corrected chi connectivity index (χ3v) is 2.94. The Balaban J connectivity index is 2.54. The summed E-state index contributed by atoms with van der Waals surface area (Å²) in [5.74, 6) is -0.220. The summed E-state index contributed by atoms with van der Waals surface area (Å²) in [7, 11) is 1.63. The smallest absolute Gasteiger partial charge is 0.311 e. The van der Waals surface area contributed by atoms with Crippen molar-refractivity contribution in [2.45, 2.75) is 26.9 Å². The molecule has 0 fully saturated rings. The van der Waals surface area contributed by atoms with Crippen molar-refractivity contribution >= 4 is 17.6 Å². The molecule has 0 N–H and O–H groups in total. The standard InChI is InChI=1S/C16H21ClO3/c1-16(2,3)15(18)20-11-5-6-14(19-4)12-7-9-13(17)10-8-12/h5-10,14H,11H2,1-4H3/b6-5+. The van der Waals surface area contributed by atoms with Crippen molar-refractivity contribution < 1.29 is 14.3 Å². The zero-order chi connectivity index (χ0) is 15.2. The SMILES string of the molecule is COC(/C=C/COC(=O)C(C)(C)C)c1ccc(Cl)cc1. The van der Waals surface area contributed by atoms with Gasteiger partial charge in [0.2, 0.25) is 0 Å². The lowest BCUT2D eigenvalue weighted by Crippen LogP contribution is -2.22. The average Bonchev–Trinajstić information content (AvgIpc) is 2.39. The average molecular weight is 297 g/mol. The second-order valence-electron chi connectivity index (χ2n) is 5.48. The molecule has 0 aromatic heterocycles. The monoisotopic (exact) mass is 296 g/mol. The topological polar surface area (TPSA) is 35.5 Å². The second kappa shape index (κ2) is 7.46. The molecule has 4 heteroatoms. The first-order chi connectivity index (χ1) is 9.34. The van der Waals surface area contributed by atoms with E-state index in [1.165, 1.54) is 0 Å². The van der Waals surface area contributed by atoms with Crippen LogP contribution in [0.15, 0.2) is 36.4 Å². The molecule has 0 amide bonds. The number of benzene rings is 1. The van der Waals surface area contributed by atoms with Gasteiger partial charge in [-0.3, -0.25) is 4.79 Å². The third kappa shape index (κ3) is 5.35. The predicted octanol–water partition coefficient (Wildman–Crippen LogP) is 4.17. The maximum absolute atomic E-state index is 11.6. The van der Waals surface area contributed by atoms with Crippen LogP contribution in [0.1, 0.15) is 32.4 Å². The van der Waals surface area contributed by atoms with Gasteiger partial charge >= 0.3 is 5.97 Å². The highest BCUT2D eigenvalue weighted by Gasteiger charge is 2.22. The van der Waals surface area contributed by atoms with Crippen LogP contribution in [-0.4, -0.2) is 19.7 Å². The van der Waals surface area contributed by atoms with Gasteiger partial charge in [0.1, 0.15) is 12.7 Å². The Hall–Kier alpha value is -1.32. The summed E-state index contributed by atoms with van der Waals surface area (Å²) < 4.78 is 10.5. The summed E-state index contributed by atoms with van der Waals surface area (Å²) in [6, 6.07) is 7.44. The molecular weight excluding hydrogens is 276 g/mol. The van der Waals surface area contributed by atoms with Gasteiger partial charge in [0.05, 0.1) is 5.41 Å². The number of hydrogen-bond donors (Lipinski definition) is 0. The van der Waals surface area contributed by atoms with E-state index in [1.54, 1.807) is 13.2 Å². The van der Waals surface area contributed by atoms with Crippen molar-refractivity contribution in [2.24, 2.45) is 5.41 Å². The van der Waals surface area contributed by atoms with Crippen molar-refractivity contribution in [3.63, 3.8) is 0 Å². The first kappa shape index (κ1) is 16.7. The van der Waals surface area contributed by atoms with Crippen LogP contribution in [0.3, 0.4) is 0 Å². The van der Waals surface area contributed by atoms with Crippen LogP contribution in [0.2, 0.25) is 5.02 Å². The molecule has 0 saturated heterocycles. The molecule has 1 aromatic rings. The fraction of sp³-hybridized carbons (Fsp3) is 0.438. The van der Waals surface area contributed by atoms with Gasteiger partial charge < -0.3 is 9.47 Å². The van der Waals surface area contributed by atoms with Gasteiger partial charge in [0.25, 0.3) is 0 Å². The predicted molar refractivity (Wildman–Crippen MR) is 80.8 cm³/mol. The molecule has 0 aliphatic rings. The second-order valence-corrected chi connectivity index (χ2v) is 5.92. The molecule has 20 heavy (non-hydrogen) atoms. The lowest BCUT2D eigenvalue weighted by molar-refractivity contribution is -0.151. The van der Waals surface area contributed by atoms with Crippen molar-refractivity contribution in [3.05, 3.63) is 47.0 Å². The molecule has 0 spiro atoms. The van der Waals surface area contributed by atoms with Crippen LogP contribution in [0.5, 0.6) is 0 Å². The quantitative estimate of drug-likeness (QED) is 0.604. The van der Waals surface area contributed by atoms with Gasteiger partial charge in [-0.05, 0) is 44.5 Å². The van der Waals surface area contributed by atoms with Crippen LogP contribution in [0.4, 0.5) is 0 Å². The molecule has 0 bridgehead atoms.